The fourth-order valence-electron chi connectivity index (χ4n) is 2.00. The van der Waals surface area contributed by atoms with Crippen LogP contribution in [0.4, 0.5) is 5.69 Å². The van der Waals surface area contributed by atoms with Gasteiger partial charge in [0.1, 0.15) is 5.60 Å². The van der Waals surface area contributed by atoms with E-state index in [0.29, 0.717) is 24.0 Å². The standard InChI is InChI=1S/C14H15NO4/c1-14(2)8-7-11(13(16)19-14)9-10-5-3-4-6-12(10)15(17)18/h3-6,9H,7-8H2,1-2H3/b11-9+. The molecule has 1 aliphatic heterocycles. The van der Waals surface area contributed by atoms with Crippen LogP contribution >= 0.6 is 0 Å². The van der Waals surface area contributed by atoms with E-state index in [1.54, 1.807) is 24.3 Å². The van der Waals surface area contributed by atoms with E-state index in [1.807, 2.05) is 13.8 Å². The van der Waals surface area contributed by atoms with Crippen molar-refractivity contribution in [3.8, 4) is 0 Å². The minimum absolute atomic E-state index is 0.00682. The molecule has 0 bridgehead atoms. The molecule has 0 spiro atoms. The van der Waals surface area contributed by atoms with Gasteiger partial charge in [0.15, 0.2) is 0 Å². The van der Waals surface area contributed by atoms with Gasteiger partial charge in [-0.3, -0.25) is 10.1 Å². The smallest absolute Gasteiger partial charge is 0.334 e. The number of carbonyl (C=O) groups is 1. The number of para-hydroxylation sites is 1. The molecule has 0 amide bonds. The van der Waals surface area contributed by atoms with Crippen molar-refractivity contribution in [3.63, 3.8) is 0 Å². The molecule has 0 radical (unpaired) electrons. The summed E-state index contributed by atoms with van der Waals surface area (Å²) >= 11 is 0. The Bertz CT molecular complexity index is 560. The van der Waals surface area contributed by atoms with E-state index >= 15 is 0 Å². The number of esters is 1. The van der Waals surface area contributed by atoms with Gasteiger partial charge in [0, 0.05) is 11.6 Å². The van der Waals surface area contributed by atoms with Crippen LogP contribution in [0.3, 0.4) is 0 Å². The molecule has 1 fully saturated rings. The lowest BCUT2D eigenvalue weighted by atomic mass is 9.93. The quantitative estimate of drug-likeness (QED) is 0.355. The third kappa shape index (κ3) is 2.99. The molecule has 1 heterocycles. The van der Waals surface area contributed by atoms with Gasteiger partial charge in [-0.25, -0.2) is 4.79 Å². The highest BCUT2D eigenvalue weighted by atomic mass is 16.6. The molecule has 1 saturated heterocycles. The van der Waals surface area contributed by atoms with Crippen molar-refractivity contribution in [1.82, 2.24) is 0 Å². The number of benzene rings is 1. The van der Waals surface area contributed by atoms with Crippen LogP contribution in [0, 0.1) is 10.1 Å². The molecule has 0 aromatic heterocycles. The lowest BCUT2D eigenvalue weighted by molar-refractivity contribution is -0.385. The minimum atomic E-state index is -0.461. The largest absolute Gasteiger partial charge is 0.456 e. The van der Waals surface area contributed by atoms with Crippen LogP contribution in [0.2, 0.25) is 0 Å². The number of ether oxygens (including phenoxy) is 1. The average molecular weight is 261 g/mol. The number of hydrogen-bond acceptors (Lipinski definition) is 4. The summed E-state index contributed by atoms with van der Waals surface area (Å²) in [6, 6.07) is 6.35. The lowest BCUT2D eigenvalue weighted by Gasteiger charge is -2.30. The van der Waals surface area contributed by atoms with E-state index < -0.39 is 16.5 Å². The second kappa shape index (κ2) is 4.84. The molecular weight excluding hydrogens is 246 g/mol. The Hall–Kier alpha value is -2.17. The summed E-state index contributed by atoms with van der Waals surface area (Å²) in [5.41, 5.74) is 0.442. The molecule has 5 heteroatoms. The molecule has 0 atom stereocenters. The monoisotopic (exact) mass is 261 g/mol. The number of nitro groups is 1. The summed E-state index contributed by atoms with van der Waals surface area (Å²) < 4.78 is 5.28. The highest BCUT2D eigenvalue weighted by Gasteiger charge is 2.31. The molecule has 1 aromatic rings. The molecule has 1 aromatic carbocycles. The summed E-state index contributed by atoms with van der Waals surface area (Å²) in [6.45, 7) is 3.71. The van der Waals surface area contributed by atoms with Crippen LogP contribution in [0.25, 0.3) is 6.08 Å². The Balaban J connectivity index is 2.33. The molecule has 0 saturated carbocycles. The summed E-state index contributed by atoms with van der Waals surface area (Å²) in [6.07, 6.45) is 2.83. The number of carbonyl (C=O) groups excluding carboxylic acids is 1. The Morgan fingerprint density at radius 3 is 2.68 bits per heavy atom. The van der Waals surface area contributed by atoms with Gasteiger partial charge in [-0.2, -0.15) is 0 Å². The van der Waals surface area contributed by atoms with E-state index in [9.17, 15) is 14.9 Å². The fourth-order valence-corrected chi connectivity index (χ4v) is 2.00. The predicted molar refractivity (Wildman–Crippen MR) is 70.5 cm³/mol. The van der Waals surface area contributed by atoms with Crippen LogP contribution in [-0.4, -0.2) is 16.5 Å². The molecule has 0 N–H and O–H groups in total. The van der Waals surface area contributed by atoms with Crippen molar-refractivity contribution in [2.75, 3.05) is 0 Å². The molecule has 19 heavy (non-hydrogen) atoms. The Morgan fingerprint density at radius 1 is 1.37 bits per heavy atom. The van der Waals surface area contributed by atoms with Crippen molar-refractivity contribution in [3.05, 3.63) is 45.5 Å². The average Bonchev–Trinajstić information content (AvgIpc) is 2.32. The van der Waals surface area contributed by atoms with Crippen molar-refractivity contribution >= 4 is 17.7 Å². The van der Waals surface area contributed by atoms with Crippen LogP contribution in [-0.2, 0) is 9.53 Å². The summed E-state index contributed by atoms with van der Waals surface area (Å²) in [5.74, 6) is -0.394. The Kier molecular flexibility index (Phi) is 3.38. The summed E-state index contributed by atoms with van der Waals surface area (Å²) in [5, 5.41) is 10.9. The molecule has 0 unspecified atom stereocenters. The Labute approximate surface area is 111 Å². The van der Waals surface area contributed by atoms with E-state index in [2.05, 4.69) is 0 Å². The molecule has 5 nitrogen and oxygen atoms in total. The van der Waals surface area contributed by atoms with Gasteiger partial charge >= 0.3 is 5.97 Å². The van der Waals surface area contributed by atoms with Gasteiger partial charge in [0.2, 0.25) is 0 Å². The van der Waals surface area contributed by atoms with E-state index in [1.165, 1.54) is 6.07 Å². The first kappa shape index (κ1) is 13.3. The maximum Gasteiger partial charge on any atom is 0.334 e. The van der Waals surface area contributed by atoms with Crippen molar-refractivity contribution in [2.45, 2.75) is 32.3 Å². The molecule has 2 rings (SSSR count). The normalized spacial score (nSPS) is 20.1. The number of nitro benzene ring substituents is 1. The highest BCUT2D eigenvalue weighted by Crippen LogP contribution is 2.30. The van der Waals surface area contributed by atoms with Crippen LogP contribution in [0.5, 0.6) is 0 Å². The molecular formula is C14H15NO4. The van der Waals surface area contributed by atoms with Crippen molar-refractivity contribution in [1.29, 1.82) is 0 Å². The van der Waals surface area contributed by atoms with Gasteiger partial charge in [0.05, 0.1) is 10.5 Å². The Morgan fingerprint density at radius 2 is 2.05 bits per heavy atom. The second-order valence-electron chi connectivity index (χ2n) is 5.13. The highest BCUT2D eigenvalue weighted by molar-refractivity contribution is 5.95. The zero-order chi connectivity index (χ0) is 14.0. The van der Waals surface area contributed by atoms with E-state index in [-0.39, 0.29) is 5.69 Å². The van der Waals surface area contributed by atoms with Gasteiger partial charge in [-0.05, 0) is 38.8 Å². The van der Waals surface area contributed by atoms with E-state index in [4.69, 9.17) is 4.74 Å². The maximum atomic E-state index is 11.8. The zero-order valence-corrected chi connectivity index (χ0v) is 10.9. The number of rotatable bonds is 2. The molecule has 100 valence electrons. The van der Waals surface area contributed by atoms with Crippen LogP contribution in [0.15, 0.2) is 29.8 Å². The first-order valence-electron chi connectivity index (χ1n) is 6.06. The lowest BCUT2D eigenvalue weighted by Crippen LogP contribution is -2.33. The van der Waals surface area contributed by atoms with Gasteiger partial charge < -0.3 is 4.74 Å². The van der Waals surface area contributed by atoms with Crippen LogP contribution < -0.4 is 0 Å². The molecule has 1 aliphatic rings. The first-order chi connectivity index (χ1) is 8.89. The van der Waals surface area contributed by atoms with E-state index in [0.717, 1.165) is 0 Å². The third-order valence-electron chi connectivity index (χ3n) is 3.09. The second-order valence-corrected chi connectivity index (χ2v) is 5.13. The molecule has 0 aliphatic carbocycles. The first-order valence-corrected chi connectivity index (χ1v) is 6.06. The summed E-state index contributed by atoms with van der Waals surface area (Å²) in [7, 11) is 0. The predicted octanol–water partition coefficient (Wildman–Crippen LogP) is 3.09. The SMILES string of the molecule is CC1(C)CC/C(=C\c2ccccc2[N+](=O)[O-])C(=O)O1. The minimum Gasteiger partial charge on any atom is -0.456 e. The summed E-state index contributed by atoms with van der Waals surface area (Å²) in [4.78, 5) is 22.3. The zero-order valence-electron chi connectivity index (χ0n) is 10.9. The topological polar surface area (TPSA) is 69.4 Å². The van der Waals surface area contributed by atoms with Gasteiger partial charge in [-0.1, -0.05) is 12.1 Å². The van der Waals surface area contributed by atoms with Crippen molar-refractivity contribution < 1.29 is 14.5 Å². The third-order valence-corrected chi connectivity index (χ3v) is 3.09. The maximum absolute atomic E-state index is 11.8. The number of cyclic esters (lactones) is 1. The number of nitrogens with zero attached hydrogens (tertiary/aromatic N) is 1. The fraction of sp³-hybridized carbons (Fsp3) is 0.357. The van der Waals surface area contributed by atoms with Crippen LogP contribution in [0.1, 0.15) is 32.3 Å². The van der Waals surface area contributed by atoms with Crippen molar-refractivity contribution in [2.24, 2.45) is 0 Å². The number of hydrogen-bond donors (Lipinski definition) is 0. The van der Waals surface area contributed by atoms with Gasteiger partial charge in [0.25, 0.3) is 5.69 Å². The van der Waals surface area contributed by atoms with Gasteiger partial charge in [-0.15, -0.1) is 0 Å².